The highest BCUT2D eigenvalue weighted by Crippen LogP contribution is 2.36. The molecule has 4 atom stereocenters. The molecule has 0 aromatic carbocycles. The molecule has 21 heavy (non-hydrogen) atoms. The van der Waals surface area contributed by atoms with E-state index in [4.69, 9.17) is 4.74 Å². The maximum absolute atomic E-state index is 12.7. The number of rotatable bonds is 3. The highest BCUT2D eigenvalue weighted by Gasteiger charge is 2.41. The number of hydrogen-bond donors (Lipinski definition) is 1. The van der Waals surface area contributed by atoms with E-state index in [0.717, 1.165) is 38.6 Å². The molecule has 0 radical (unpaired) electrons. The van der Waals surface area contributed by atoms with Gasteiger partial charge in [-0.15, -0.1) is 0 Å². The van der Waals surface area contributed by atoms with E-state index in [9.17, 15) is 9.90 Å². The maximum atomic E-state index is 12.7. The number of nitrogens with zero attached hydrogens (tertiary/aromatic N) is 2. The molecule has 120 valence electrons. The molecule has 1 aliphatic carbocycles. The van der Waals surface area contributed by atoms with Crippen LogP contribution in [-0.4, -0.2) is 71.8 Å². The molecule has 5 nitrogen and oxygen atoms in total. The van der Waals surface area contributed by atoms with Crippen LogP contribution in [-0.2, 0) is 9.53 Å². The smallest absolute Gasteiger partial charge is 0.239 e. The molecule has 3 fully saturated rings. The van der Waals surface area contributed by atoms with Crippen molar-refractivity contribution in [2.24, 2.45) is 5.92 Å². The zero-order valence-electron chi connectivity index (χ0n) is 13.0. The molecule has 3 rings (SSSR count). The molecule has 0 aromatic rings. The molecule has 0 bridgehead atoms. The van der Waals surface area contributed by atoms with E-state index < -0.39 is 0 Å². The number of morpholine rings is 1. The minimum absolute atomic E-state index is 0.0663. The highest BCUT2D eigenvalue weighted by atomic mass is 16.5. The minimum Gasteiger partial charge on any atom is -0.393 e. The standard InChI is InChI=1S/C16H28N2O3/c1-12(16(20)17-8-10-21-11-9-17)18-7-3-5-14(18)13-4-2-6-15(13)19/h12-15,19H,2-11H2,1H3. The average molecular weight is 296 g/mol. The topological polar surface area (TPSA) is 53.0 Å². The molecule has 3 aliphatic rings. The highest BCUT2D eigenvalue weighted by molar-refractivity contribution is 5.81. The number of carbonyl (C=O) groups is 1. The van der Waals surface area contributed by atoms with E-state index in [-0.39, 0.29) is 18.1 Å². The summed E-state index contributed by atoms with van der Waals surface area (Å²) < 4.78 is 5.33. The lowest BCUT2D eigenvalue weighted by Crippen LogP contribution is -2.53. The van der Waals surface area contributed by atoms with Crippen molar-refractivity contribution in [1.29, 1.82) is 0 Å². The number of amides is 1. The Balaban J connectivity index is 1.64. The molecule has 0 aromatic heterocycles. The fraction of sp³-hybridized carbons (Fsp3) is 0.938. The molecular weight excluding hydrogens is 268 g/mol. The summed E-state index contributed by atoms with van der Waals surface area (Å²) in [4.78, 5) is 17.0. The van der Waals surface area contributed by atoms with Crippen molar-refractivity contribution < 1.29 is 14.6 Å². The molecular formula is C16H28N2O3. The van der Waals surface area contributed by atoms with Crippen LogP contribution in [0.15, 0.2) is 0 Å². The summed E-state index contributed by atoms with van der Waals surface area (Å²) in [6, 6.07) is 0.325. The first-order chi connectivity index (χ1) is 10.2. The normalized spacial score (nSPS) is 36.1. The molecule has 1 saturated carbocycles. The van der Waals surface area contributed by atoms with Crippen molar-refractivity contribution in [2.45, 2.75) is 57.2 Å². The summed E-state index contributed by atoms with van der Waals surface area (Å²) in [7, 11) is 0. The monoisotopic (exact) mass is 296 g/mol. The first-order valence-corrected chi connectivity index (χ1v) is 8.49. The Morgan fingerprint density at radius 1 is 1.14 bits per heavy atom. The summed E-state index contributed by atoms with van der Waals surface area (Å²) in [6.07, 6.45) is 5.28. The second-order valence-electron chi connectivity index (χ2n) is 6.72. The van der Waals surface area contributed by atoms with Crippen LogP contribution in [0.3, 0.4) is 0 Å². The van der Waals surface area contributed by atoms with Gasteiger partial charge in [-0.3, -0.25) is 9.69 Å². The van der Waals surface area contributed by atoms with Crippen molar-refractivity contribution in [3.05, 3.63) is 0 Å². The van der Waals surface area contributed by atoms with Crippen LogP contribution in [0.5, 0.6) is 0 Å². The van der Waals surface area contributed by atoms with E-state index in [2.05, 4.69) is 4.90 Å². The zero-order chi connectivity index (χ0) is 14.8. The Kier molecular flexibility index (Phi) is 4.82. The average Bonchev–Trinajstić information content (AvgIpc) is 3.14. The van der Waals surface area contributed by atoms with Crippen LogP contribution < -0.4 is 0 Å². The van der Waals surface area contributed by atoms with Gasteiger partial charge in [-0.1, -0.05) is 6.42 Å². The first-order valence-electron chi connectivity index (χ1n) is 8.49. The predicted octanol–water partition coefficient (Wildman–Crippen LogP) is 0.859. The Morgan fingerprint density at radius 2 is 1.90 bits per heavy atom. The van der Waals surface area contributed by atoms with Gasteiger partial charge in [0, 0.05) is 25.0 Å². The van der Waals surface area contributed by atoms with Crippen LogP contribution in [0, 0.1) is 5.92 Å². The van der Waals surface area contributed by atoms with Crippen LogP contribution in [0.2, 0.25) is 0 Å². The Morgan fingerprint density at radius 3 is 2.57 bits per heavy atom. The maximum Gasteiger partial charge on any atom is 0.239 e. The van der Waals surface area contributed by atoms with Crippen LogP contribution >= 0.6 is 0 Å². The second kappa shape index (κ2) is 6.63. The van der Waals surface area contributed by atoms with E-state index in [1.165, 1.54) is 0 Å². The number of aliphatic hydroxyl groups is 1. The first kappa shape index (κ1) is 15.3. The van der Waals surface area contributed by atoms with Crippen molar-refractivity contribution in [1.82, 2.24) is 9.80 Å². The van der Waals surface area contributed by atoms with Gasteiger partial charge in [0.05, 0.1) is 25.4 Å². The summed E-state index contributed by atoms with van der Waals surface area (Å²) >= 11 is 0. The second-order valence-corrected chi connectivity index (χ2v) is 6.72. The molecule has 4 unspecified atom stereocenters. The fourth-order valence-corrected chi connectivity index (χ4v) is 4.36. The number of likely N-dealkylation sites (tertiary alicyclic amines) is 1. The van der Waals surface area contributed by atoms with E-state index in [1.54, 1.807) is 0 Å². The number of carbonyl (C=O) groups excluding carboxylic acids is 1. The van der Waals surface area contributed by atoms with Crippen LogP contribution in [0.4, 0.5) is 0 Å². The van der Waals surface area contributed by atoms with Gasteiger partial charge in [0.1, 0.15) is 0 Å². The largest absolute Gasteiger partial charge is 0.393 e. The Bertz CT molecular complexity index is 371. The fourth-order valence-electron chi connectivity index (χ4n) is 4.36. The molecule has 2 heterocycles. The Hall–Kier alpha value is -0.650. The number of ether oxygens (including phenoxy) is 1. The van der Waals surface area contributed by atoms with Crippen molar-refractivity contribution in [2.75, 3.05) is 32.8 Å². The van der Waals surface area contributed by atoms with E-state index >= 15 is 0 Å². The zero-order valence-corrected chi connectivity index (χ0v) is 13.0. The quantitative estimate of drug-likeness (QED) is 0.839. The third kappa shape index (κ3) is 3.10. The van der Waals surface area contributed by atoms with Crippen molar-refractivity contribution in [3.8, 4) is 0 Å². The number of aliphatic hydroxyl groups excluding tert-OH is 1. The molecule has 0 spiro atoms. The Labute approximate surface area is 127 Å². The third-order valence-electron chi connectivity index (χ3n) is 5.55. The van der Waals surface area contributed by atoms with Gasteiger partial charge in [0.2, 0.25) is 5.91 Å². The van der Waals surface area contributed by atoms with Gasteiger partial charge < -0.3 is 14.7 Å². The third-order valence-corrected chi connectivity index (χ3v) is 5.55. The van der Waals surface area contributed by atoms with Gasteiger partial charge >= 0.3 is 0 Å². The van der Waals surface area contributed by atoms with Crippen molar-refractivity contribution >= 4 is 5.91 Å². The number of hydrogen-bond acceptors (Lipinski definition) is 4. The van der Waals surface area contributed by atoms with E-state index in [0.29, 0.717) is 38.3 Å². The van der Waals surface area contributed by atoms with Gasteiger partial charge in [0.15, 0.2) is 0 Å². The lowest BCUT2D eigenvalue weighted by Gasteiger charge is -2.37. The minimum atomic E-state index is -0.165. The van der Waals surface area contributed by atoms with Gasteiger partial charge in [-0.2, -0.15) is 0 Å². The summed E-state index contributed by atoms with van der Waals surface area (Å²) in [6.45, 7) is 5.77. The van der Waals surface area contributed by atoms with Gasteiger partial charge in [-0.05, 0) is 39.2 Å². The lowest BCUT2D eigenvalue weighted by atomic mass is 9.93. The summed E-state index contributed by atoms with van der Waals surface area (Å²) in [5, 5.41) is 10.2. The van der Waals surface area contributed by atoms with Crippen LogP contribution in [0.1, 0.15) is 39.0 Å². The molecule has 2 aliphatic heterocycles. The van der Waals surface area contributed by atoms with Crippen LogP contribution in [0.25, 0.3) is 0 Å². The van der Waals surface area contributed by atoms with Crippen molar-refractivity contribution in [3.63, 3.8) is 0 Å². The van der Waals surface area contributed by atoms with E-state index in [1.807, 2.05) is 11.8 Å². The summed E-state index contributed by atoms with van der Waals surface area (Å²) in [5.41, 5.74) is 0. The molecule has 2 saturated heterocycles. The molecule has 1 N–H and O–H groups in total. The summed E-state index contributed by atoms with van der Waals surface area (Å²) in [5.74, 6) is 0.602. The predicted molar refractivity (Wildman–Crippen MR) is 79.9 cm³/mol. The van der Waals surface area contributed by atoms with Gasteiger partial charge in [0.25, 0.3) is 0 Å². The molecule has 5 heteroatoms. The SMILES string of the molecule is CC(C(=O)N1CCOCC1)N1CCCC1C1CCCC1O. The molecule has 1 amide bonds. The van der Waals surface area contributed by atoms with Gasteiger partial charge in [-0.25, -0.2) is 0 Å². The lowest BCUT2D eigenvalue weighted by molar-refractivity contribution is -0.141.